The third-order valence-electron chi connectivity index (χ3n) is 3.70. The van der Waals surface area contributed by atoms with E-state index in [4.69, 9.17) is 11.6 Å². The van der Waals surface area contributed by atoms with E-state index in [-0.39, 0.29) is 10.4 Å². The molecule has 0 unspecified atom stereocenters. The number of alkyl halides is 3. The quantitative estimate of drug-likeness (QED) is 0.767. The third-order valence-corrected chi connectivity index (χ3v) is 4.01. The zero-order chi connectivity index (χ0) is 16.1. The van der Waals surface area contributed by atoms with E-state index in [0.717, 1.165) is 11.8 Å². The summed E-state index contributed by atoms with van der Waals surface area (Å²) < 4.78 is 38.4. The lowest BCUT2D eigenvalue weighted by Gasteiger charge is -2.22. The summed E-state index contributed by atoms with van der Waals surface area (Å²) >= 11 is 5.81. The summed E-state index contributed by atoms with van der Waals surface area (Å²) in [6.45, 7) is 4.62. The molecule has 1 aromatic heterocycles. The Balaban J connectivity index is 2.05. The largest absolute Gasteiger partial charge is 0.417 e. The Kier molecular flexibility index (Phi) is 3.32. The van der Waals surface area contributed by atoms with E-state index in [1.54, 1.807) is 12.4 Å². The summed E-state index contributed by atoms with van der Waals surface area (Å²) in [5.74, 6) is 0.656. The first-order valence-electron chi connectivity index (χ1n) is 6.66. The van der Waals surface area contributed by atoms with Gasteiger partial charge in [0.25, 0.3) is 0 Å². The average molecular weight is 328 g/mol. The van der Waals surface area contributed by atoms with E-state index in [1.165, 1.54) is 12.1 Å². The molecule has 3 nitrogen and oxygen atoms in total. The lowest BCUT2D eigenvalue weighted by Crippen LogP contribution is -2.25. The summed E-state index contributed by atoms with van der Waals surface area (Å²) in [7, 11) is 0. The number of rotatable bonds is 1. The number of fused-ring (bicyclic) bond motifs is 1. The summed E-state index contributed by atoms with van der Waals surface area (Å²) in [5, 5.41) is -0.319. The van der Waals surface area contributed by atoms with E-state index in [0.29, 0.717) is 18.1 Å². The van der Waals surface area contributed by atoms with Crippen LogP contribution in [0, 0.1) is 0 Å². The summed E-state index contributed by atoms with van der Waals surface area (Å²) in [6.07, 6.45) is -1.28. The van der Waals surface area contributed by atoms with Crippen molar-refractivity contribution < 1.29 is 13.2 Å². The fraction of sp³-hybridized carbons (Fsp3) is 0.333. The zero-order valence-corrected chi connectivity index (χ0v) is 12.7. The number of aromatic nitrogens is 2. The third kappa shape index (κ3) is 2.41. The van der Waals surface area contributed by atoms with Crippen molar-refractivity contribution in [3.05, 3.63) is 46.9 Å². The second kappa shape index (κ2) is 4.84. The fourth-order valence-corrected chi connectivity index (χ4v) is 2.95. The monoisotopic (exact) mass is 327 g/mol. The van der Waals surface area contributed by atoms with E-state index in [1.807, 2.05) is 18.7 Å². The van der Waals surface area contributed by atoms with Crippen LogP contribution in [0.5, 0.6) is 0 Å². The maximum absolute atomic E-state index is 12.8. The normalized spacial score (nSPS) is 16.7. The highest BCUT2D eigenvalue weighted by molar-refractivity contribution is 6.31. The average Bonchev–Trinajstić information content (AvgIpc) is 2.70. The van der Waals surface area contributed by atoms with Crippen molar-refractivity contribution in [2.45, 2.75) is 25.4 Å². The van der Waals surface area contributed by atoms with Crippen LogP contribution >= 0.6 is 11.6 Å². The smallest absolute Gasteiger partial charge is 0.324 e. The Morgan fingerprint density at radius 3 is 2.50 bits per heavy atom. The molecule has 2 aromatic rings. The van der Waals surface area contributed by atoms with Gasteiger partial charge in [0.15, 0.2) is 5.82 Å². The van der Waals surface area contributed by atoms with Gasteiger partial charge in [-0.05, 0) is 18.2 Å². The molecule has 1 aromatic carbocycles. The first-order chi connectivity index (χ1) is 10.2. The molecule has 0 aliphatic carbocycles. The maximum atomic E-state index is 12.8. The van der Waals surface area contributed by atoms with E-state index >= 15 is 0 Å². The van der Waals surface area contributed by atoms with Crippen LogP contribution in [0.15, 0.2) is 30.6 Å². The van der Waals surface area contributed by atoms with Gasteiger partial charge in [-0.1, -0.05) is 25.4 Å². The second-order valence-corrected chi connectivity index (χ2v) is 6.27. The molecule has 0 N–H and O–H groups in total. The van der Waals surface area contributed by atoms with Crippen LogP contribution in [0.1, 0.15) is 25.1 Å². The molecule has 0 atom stereocenters. The van der Waals surface area contributed by atoms with Crippen LogP contribution in [0.4, 0.5) is 24.7 Å². The Morgan fingerprint density at radius 2 is 1.86 bits per heavy atom. The van der Waals surface area contributed by atoms with Gasteiger partial charge < -0.3 is 4.90 Å². The fourth-order valence-electron chi connectivity index (χ4n) is 2.67. The molecular formula is C15H13ClF3N3. The van der Waals surface area contributed by atoms with E-state index < -0.39 is 11.7 Å². The van der Waals surface area contributed by atoms with Gasteiger partial charge >= 0.3 is 6.18 Å². The van der Waals surface area contributed by atoms with Crippen molar-refractivity contribution in [1.29, 1.82) is 0 Å². The van der Waals surface area contributed by atoms with Crippen molar-refractivity contribution in [3.63, 3.8) is 0 Å². The summed E-state index contributed by atoms with van der Waals surface area (Å²) in [5.41, 5.74) is 0.325. The molecule has 7 heteroatoms. The molecule has 0 saturated carbocycles. The second-order valence-electron chi connectivity index (χ2n) is 5.86. The van der Waals surface area contributed by atoms with Crippen LogP contribution in [-0.2, 0) is 11.6 Å². The highest BCUT2D eigenvalue weighted by atomic mass is 35.5. The molecule has 0 amide bonds. The molecule has 116 valence electrons. The molecule has 2 heterocycles. The van der Waals surface area contributed by atoms with Gasteiger partial charge in [0.05, 0.1) is 16.3 Å². The van der Waals surface area contributed by atoms with E-state index in [9.17, 15) is 13.2 Å². The molecule has 22 heavy (non-hydrogen) atoms. The number of halogens is 4. The SMILES string of the molecule is CC1(C)CN(c2ccc(C(F)(F)F)c(Cl)c2)c2nccnc21. The molecule has 0 saturated heterocycles. The standard InChI is InChI=1S/C15H13ClF3N3/c1-14(2)8-22(13-12(14)20-5-6-21-13)9-3-4-10(11(16)7-9)15(17,18)19/h3-7H,8H2,1-2H3. The van der Waals surface area contributed by atoms with Gasteiger partial charge in [0.1, 0.15) is 0 Å². The van der Waals surface area contributed by atoms with Crippen molar-refractivity contribution in [1.82, 2.24) is 9.97 Å². The predicted octanol–water partition coefficient (Wildman–Crippen LogP) is 4.58. The van der Waals surface area contributed by atoms with Gasteiger partial charge in [-0.2, -0.15) is 13.2 Å². The van der Waals surface area contributed by atoms with Gasteiger partial charge in [0.2, 0.25) is 0 Å². The summed E-state index contributed by atoms with van der Waals surface area (Å²) in [4.78, 5) is 10.5. The predicted molar refractivity (Wildman–Crippen MR) is 78.5 cm³/mol. The minimum Gasteiger partial charge on any atom is -0.324 e. The van der Waals surface area contributed by atoms with Crippen LogP contribution in [-0.4, -0.2) is 16.5 Å². The highest BCUT2D eigenvalue weighted by Crippen LogP contribution is 2.43. The van der Waals surface area contributed by atoms with Crippen molar-refractivity contribution in [2.24, 2.45) is 0 Å². The lowest BCUT2D eigenvalue weighted by atomic mass is 9.92. The molecule has 0 radical (unpaired) electrons. The summed E-state index contributed by atoms with van der Waals surface area (Å²) in [6, 6.07) is 3.73. The first kappa shape index (κ1) is 15.1. The van der Waals surface area contributed by atoms with Crippen molar-refractivity contribution >= 4 is 23.1 Å². The number of benzene rings is 1. The van der Waals surface area contributed by atoms with Gasteiger partial charge in [-0.25, -0.2) is 4.98 Å². The minimum atomic E-state index is -4.46. The maximum Gasteiger partial charge on any atom is 0.417 e. The number of nitrogens with zero attached hydrogens (tertiary/aromatic N) is 3. The van der Waals surface area contributed by atoms with Crippen molar-refractivity contribution in [3.8, 4) is 0 Å². The Bertz CT molecular complexity index is 728. The Hall–Kier alpha value is -1.82. The van der Waals surface area contributed by atoms with Crippen molar-refractivity contribution in [2.75, 3.05) is 11.4 Å². The Morgan fingerprint density at radius 1 is 1.18 bits per heavy atom. The molecule has 3 rings (SSSR count). The van der Waals surface area contributed by atoms with Gasteiger partial charge in [-0.3, -0.25) is 4.98 Å². The van der Waals surface area contributed by atoms with Crippen LogP contribution in [0.25, 0.3) is 0 Å². The number of anilines is 2. The molecule has 0 bridgehead atoms. The zero-order valence-electron chi connectivity index (χ0n) is 11.9. The number of hydrogen-bond acceptors (Lipinski definition) is 3. The molecular weight excluding hydrogens is 315 g/mol. The molecule has 0 fully saturated rings. The topological polar surface area (TPSA) is 29.0 Å². The lowest BCUT2D eigenvalue weighted by molar-refractivity contribution is -0.137. The minimum absolute atomic E-state index is 0.237. The van der Waals surface area contributed by atoms with Crippen LogP contribution in [0.2, 0.25) is 5.02 Å². The van der Waals surface area contributed by atoms with Gasteiger partial charge in [-0.15, -0.1) is 0 Å². The molecule has 1 aliphatic heterocycles. The van der Waals surface area contributed by atoms with Crippen LogP contribution < -0.4 is 4.90 Å². The Labute approximate surface area is 130 Å². The molecule has 0 spiro atoms. The first-order valence-corrected chi connectivity index (χ1v) is 7.04. The van der Waals surface area contributed by atoms with Crippen LogP contribution in [0.3, 0.4) is 0 Å². The van der Waals surface area contributed by atoms with E-state index in [2.05, 4.69) is 9.97 Å². The molecule has 1 aliphatic rings. The van der Waals surface area contributed by atoms with Gasteiger partial charge in [0, 0.05) is 30.0 Å². The highest BCUT2D eigenvalue weighted by Gasteiger charge is 2.39. The number of hydrogen-bond donors (Lipinski definition) is 0.